The number of aliphatic hydroxyl groups is 1. The van der Waals surface area contributed by atoms with Crippen LogP contribution < -0.4 is 0 Å². The van der Waals surface area contributed by atoms with Crippen LogP contribution in [0.15, 0.2) is 23.8 Å². The summed E-state index contributed by atoms with van der Waals surface area (Å²) in [5, 5.41) is 11.5. The van der Waals surface area contributed by atoms with Crippen molar-refractivity contribution >= 4 is 5.78 Å². The first-order valence-electron chi connectivity index (χ1n) is 10.5. The third-order valence-corrected chi connectivity index (χ3v) is 8.32. The SMILES string of the molecule is C/C=C/C#C[C@]1(O)CCC2C3C(C)CC4=CC(=O)CCC4C3CC[C@@]21C. The fraction of sp³-hybridized carbons (Fsp3) is 0.708. The van der Waals surface area contributed by atoms with Crippen LogP contribution in [0.4, 0.5) is 0 Å². The van der Waals surface area contributed by atoms with Gasteiger partial charge in [-0.1, -0.05) is 37.3 Å². The van der Waals surface area contributed by atoms with Crippen LogP contribution in [0.25, 0.3) is 0 Å². The van der Waals surface area contributed by atoms with Crippen LogP contribution in [-0.2, 0) is 4.79 Å². The summed E-state index contributed by atoms with van der Waals surface area (Å²) in [6.45, 7) is 6.64. The van der Waals surface area contributed by atoms with E-state index in [4.69, 9.17) is 0 Å². The predicted octanol–water partition coefficient (Wildman–Crippen LogP) is 4.68. The number of fused-ring (bicyclic) bond motifs is 5. The molecule has 0 heterocycles. The van der Waals surface area contributed by atoms with Gasteiger partial charge in [0.05, 0.1) is 0 Å². The van der Waals surface area contributed by atoms with Crippen molar-refractivity contribution in [3.8, 4) is 11.8 Å². The fourth-order valence-electron chi connectivity index (χ4n) is 7.06. The molecule has 0 aliphatic heterocycles. The van der Waals surface area contributed by atoms with Crippen molar-refractivity contribution < 1.29 is 9.90 Å². The minimum atomic E-state index is -0.847. The van der Waals surface area contributed by atoms with E-state index in [1.165, 1.54) is 12.0 Å². The Labute approximate surface area is 158 Å². The Morgan fingerprint density at radius 3 is 2.85 bits per heavy atom. The van der Waals surface area contributed by atoms with Gasteiger partial charge in [-0.3, -0.25) is 4.79 Å². The van der Waals surface area contributed by atoms with Gasteiger partial charge in [-0.15, -0.1) is 0 Å². The number of carbonyl (C=O) groups excluding carboxylic acids is 1. The highest BCUT2D eigenvalue weighted by Crippen LogP contribution is 2.65. The molecule has 2 heteroatoms. The van der Waals surface area contributed by atoms with Crippen LogP contribution >= 0.6 is 0 Å². The van der Waals surface area contributed by atoms with Gasteiger partial charge in [0, 0.05) is 11.8 Å². The van der Waals surface area contributed by atoms with Crippen molar-refractivity contribution in [3.63, 3.8) is 0 Å². The minimum Gasteiger partial charge on any atom is -0.377 e. The molecule has 3 fully saturated rings. The Morgan fingerprint density at radius 2 is 2.08 bits per heavy atom. The van der Waals surface area contributed by atoms with Crippen molar-refractivity contribution in [2.24, 2.45) is 35.0 Å². The smallest absolute Gasteiger partial charge is 0.155 e. The van der Waals surface area contributed by atoms with Crippen molar-refractivity contribution in [1.82, 2.24) is 0 Å². The maximum absolute atomic E-state index is 11.9. The summed E-state index contributed by atoms with van der Waals surface area (Å²) in [7, 11) is 0. The lowest BCUT2D eigenvalue weighted by atomic mass is 9.48. The lowest BCUT2D eigenvalue weighted by Crippen LogP contribution is -2.54. The molecule has 0 saturated heterocycles. The highest BCUT2D eigenvalue weighted by molar-refractivity contribution is 5.91. The van der Waals surface area contributed by atoms with E-state index < -0.39 is 5.60 Å². The summed E-state index contributed by atoms with van der Waals surface area (Å²) in [6, 6.07) is 0. The van der Waals surface area contributed by atoms with Gasteiger partial charge in [0.1, 0.15) is 5.60 Å². The van der Waals surface area contributed by atoms with E-state index in [0.717, 1.165) is 38.5 Å². The first-order valence-corrected chi connectivity index (χ1v) is 10.5. The van der Waals surface area contributed by atoms with E-state index >= 15 is 0 Å². The Hall–Kier alpha value is -1.33. The molecule has 0 radical (unpaired) electrons. The van der Waals surface area contributed by atoms with Gasteiger partial charge < -0.3 is 5.11 Å². The molecule has 0 bridgehead atoms. The van der Waals surface area contributed by atoms with Gasteiger partial charge in [0.25, 0.3) is 0 Å². The number of ketones is 1. The molecule has 0 aromatic carbocycles. The number of hydrogen-bond donors (Lipinski definition) is 1. The van der Waals surface area contributed by atoms with Crippen molar-refractivity contribution in [1.29, 1.82) is 0 Å². The zero-order valence-corrected chi connectivity index (χ0v) is 16.4. The molecule has 140 valence electrons. The van der Waals surface area contributed by atoms with E-state index in [1.807, 2.05) is 25.2 Å². The molecular formula is C24H32O2. The van der Waals surface area contributed by atoms with E-state index in [-0.39, 0.29) is 5.41 Å². The summed E-state index contributed by atoms with van der Waals surface area (Å²) in [6.07, 6.45) is 12.7. The summed E-state index contributed by atoms with van der Waals surface area (Å²) in [5.74, 6) is 9.78. The molecule has 0 spiro atoms. The number of rotatable bonds is 0. The maximum Gasteiger partial charge on any atom is 0.155 e. The molecular weight excluding hydrogens is 320 g/mol. The number of allylic oxidation sites excluding steroid dienone is 3. The minimum absolute atomic E-state index is 0.0945. The molecule has 26 heavy (non-hydrogen) atoms. The second-order valence-electron chi connectivity index (χ2n) is 9.48. The molecule has 2 nitrogen and oxygen atoms in total. The molecule has 0 aromatic heterocycles. The monoisotopic (exact) mass is 352 g/mol. The molecule has 4 aliphatic rings. The zero-order valence-electron chi connectivity index (χ0n) is 16.4. The van der Waals surface area contributed by atoms with Crippen LogP contribution in [0.1, 0.15) is 65.7 Å². The van der Waals surface area contributed by atoms with Crippen LogP contribution in [0, 0.1) is 46.8 Å². The van der Waals surface area contributed by atoms with Gasteiger partial charge in [-0.05, 0) is 87.2 Å². The van der Waals surface area contributed by atoms with Crippen LogP contribution in [-0.4, -0.2) is 16.5 Å². The Morgan fingerprint density at radius 1 is 1.27 bits per heavy atom. The lowest BCUT2D eigenvalue weighted by molar-refractivity contribution is -0.117. The van der Waals surface area contributed by atoms with Crippen LogP contribution in [0.2, 0.25) is 0 Å². The lowest BCUT2D eigenvalue weighted by Gasteiger charge is -2.56. The van der Waals surface area contributed by atoms with Gasteiger partial charge in [0.15, 0.2) is 5.78 Å². The van der Waals surface area contributed by atoms with Crippen molar-refractivity contribution in [3.05, 3.63) is 23.8 Å². The molecule has 0 amide bonds. The van der Waals surface area contributed by atoms with E-state index in [0.29, 0.717) is 35.4 Å². The van der Waals surface area contributed by atoms with Gasteiger partial charge in [0.2, 0.25) is 0 Å². The summed E-state index contributed by atoms with van der Waals surface area (Å²) in [5.41, 5.74) is 0.489. The normalized spacial score (nSPS) is 47.5. The summed E-state index contributed by atoms with van der Waals surface area (Å²) >= 11 is 0. The molecule has 4 rings (SSSR count). The highest BCUT2D eigenvalue weighted by Gasteiger charge is 2.63. The number of carbonyl (C=O) groups is 1. The predicted molar refractivity (Wildman–Crippen MR) is 104 cm³/mol. The highest BCUT2D eigenvalue weighted by atomic mass is 16.3. The van der Waals surface area contributed by atoms with E-state index in [1.54, 1.807) is 0 Å². The molecule has 3 saturated carbocycles. The van der Waals surface area contributed by atoms with E-state index in [9.17, 15) is 9.90 Å². The molecule has 1 N–H and O–H groups in total. The zero-order chi connectivity index (χ0) is 18.5. The number of hydrogen-bond acceptors (Lipinski definition) is 2. The Bertz CT molecular complexity index is 720. The molecule has 7 atom stereocenters. The first kappa shape index (κ1) is 18.1. The standard InChI is InChI=1S/C24H32O2/c1-4-5-6-11-24(26)13-10-21-22-16(2)14-17-15-18(25)7-8-19(17)20(22)9-12-23(21,24)3/h4-5,15-16,19-22,26H,7-10,12-14H2,1-3H3/b5-4+/t16?,19?,20?,21?,22?,23-,24-/m0/s1. The van der Waals surface area contributed by atoms with Gasteiger partial charge in [-0.25, -0.2) is 0 Å². The molecule has 4 aliphatic carbocycles. The van der Waals surface area contributed by atoms with Crippen molar-refractivity contribution in [2.45, 2.75) is 71.3 Å². The average Bonchev–Trinajstić information content (AvgIpc) is 2.86. The van der Waals surface area contributed by atoms with Crippen LogP contribution in [0.5, 0.6) is 0 Å². The van der Waals surface area contributed by atoms with Gasteiger partial charge in [-0.2, -0.15) is 0 Å². The van der Waals surface area contributed by atoms with Gasteiger partial charge >= 0.3 is 0 Å². The average molecular weight is 353 g/mol. The van der Waals surface area contributed by atoms with Crippen molar-refractivity contribution in [2.75, 3.05) is 0 Å². The molecule has 0 aromatic rings. The topological polar surface area (TPSA) is 37.3 Å². The fourth-order valence-corrected chi connectivity index (χ4v) is 7.06. The Kier molecular flexibility index (Phi) is 4.43. The quantitative estimate of drug-likeness (QED) is 0.643. The largest absolute Gasteiger partial charge is 0.377 e. The van der Waals surface area contributed by atoms with Crippen LogP contribution in [0.3, 0.4) is 0 Å². The third kappa shape index (κ3) is 2.55. The third-order valence-electron chi connectivity index (χ3n) is 8.32. The first-order chi connectivity index (χ1) is 12.4. The van der Waals surface area contributed by atoms with E-state index in [2.05, 4.69) is 25.7 Å². The summed E-state index contributed by atoms with van der Waals surface area (Å²) < 4.78 is 0. The summed E-state index contributed by atoms with van der Waals surface area (Å²) in [4.78, 5) is 11.9. The second kappa shape index (κ2) is 6.38. The maximum atomic E-state index is 11.9. The Balaban J connectivity index is 1.66. The molecule has 5 unspecified atom stereocenters. The second-order valence-corrected chi connectivity index (χ2v) is 9.48.